The lowest BCUT2D eigenvalue weighted by atomic mass is 9.96. The Hall–Kier alpha value is -1.98. The second-order valence-corrected chi connectivity index (χ2v) is 6.57. The number of carbonyl (C=O) groups is 2. The predicted molar refractivity (Wildman–Crippen MR) is 88.3 cm³/mol. The summed E-state index contributed by atoms with van der Waals surface area (Å²) >= 11 is 0. The number of nitrogens with zero attached hydrogens (tertiary/aromatic N) is 3. The van der Waals surface area contributed by atoms with E-state index in [0.717, 1.165) is 12.8 Å². The molecule has 2 heterocycles. The molecule has 1 N–H and O–H groups in total. The van der Waals surface area contributed by atoms with E-state index >= 15 is 0 Å². The first kappa shape index (κ1) is 15.9. The van der Waals surface area contributed by atoms with E-state index in [-0.39, 0.29) is 11.9 Å². The Balaban J connectivity index is 1.49. The van der Waals surface area contributed by atoms with Gasteiger partial charge in [0.2, 0.25) is 0 Å². The van der Waals surface area contributed by atoms with Gasteiger partial charge in [0, 0.05) is 45.5 Å². The highest BCUT2D eigenvalue weighted by Gasteiger charge is 2.27. The van der Waals surface area contributed by atoms with Gasteiger partial charge in [-0.2, -0.15) is 0 Å². The molecule has 126 valence electrons. The number of nitrogens with one attached hydrogen (secondary N) is 1. The first-order chi connectivity index (χ1) is 11.1. The van der Waals surface area contributed by atoms with E-state index in [1.54, 1.807) is 0 Å². The smallest absolute Gasteiger partial charge is 0.317 e. The van der Waals surface area contributed by atoms with Gasteiger partial charge in [0.25, 0.3) is 5.91 Å². The molecule has 0 spiro atoms. The molecule has 2 aliphatic rings. The summed E-state index contributed by atoms with van der Waals surface area (Å²) in [6.07, 6.45) is 7.77. The molecule has 3 amide bonds. The quantitative estimate of drug-likeness (QED) is 0.904. The number of aryl methyl sites for hydroxylation is 1. The molecule has 1 saturated heterocycles. The highest BCUT2D eigenvalue weighted by Crippen LogP contribution is 2.18. The van der Waals surface area contributed by atoms with Crippen LogP contribution in [0.4, 0.5) is 4.79 Å². The summed E-state index contributed by atoms with van der Waals surface area (Å²) in [6, 6.07) is 4.08. The second kappa shape index (κ2) is 7.06. The van der Waals surface area contributed by atoms with Crippen molar-refractivity contribution >= 4 is 11.9 Å². The van der Waals surface area contributed by atoms with E-state index in [4.69, 9.17) is 0 Å². The highest BCUT2D eigenvalue weighted by molar-refractivity contribution is 5.93. The van der Waals surface area contributed by atoms with Gasteiger partial charge < -0.3 is 19.7 Å². The topological polar surface area (TPSA) is 57.6 Å². The van der Waals surface area contributed by atoms with Crippen molar-refractivity contribution in [3.8, 4) is 0 Å². The molecule has 1 aliphatic carbocycles. The minimum atomic E-state index is 0.0304. The number of aromatic nitrogens is 1. The van der Waals surface area contributed by atoms with Crippen LogP contribution in [0.25, 0.3) is 0 Å². The van der Waals surface area contributed by atoms with Crippen LogP contribution in [0.5, 0.6) is 0 Å². The van der Waals surface area contributed by atoms with Crippen molar-refractivity contribution in [3.63, 3.8) is 0 Å². The molecule has 23 heavy (non-hydrogen) atoms. The molecular formula is C17H26N4O2. The van der Waals surface area contributed by atoms with Crippen LogP contribution in [-0.2, 0) is 7.05 Å². The third-order valence-corrected chi connectivity index (χ3v) is 4.95. The van der Waals surface area contributed by atoms with E-state index in [1.807, 2.05) is 39.7 Å². The molecule has 0 bridgehead atoms. The molecule has 1 aromatic heterocycles. The Kier molecular flexibility index (Phi) is 4.88. The van der Waals surface area contributed by atoms with Gasteiger partial charge >= 0.3 is 6.03 Å². The van der Waals surface area contributed by atoms with Crippen molar-refractivity contribution in [1.29, 1.82) is 0 Å². The van der Waals surface area contributed by atoms with Gasteiger partial charge in [0.05, 0.1) is 0 Å². The Morgan fingerprint density at radius 2 is 1.70 bits per heavy atom. The van der Waals surface area contributed by atoms with Crippen LogP contribution in [0, 0.1) is 0 Å². The number of rotatable bonds is 2. The van der Waals surface area contributed by atoms with Gasteiger partial charge in [-0.05, 0) is 25.0 Å². The van der Waals surface area contributed by atoms with Crippen LogP contribution >= 0.6 is 0 Å². The molecule has 6 nitrogen and oxygen atoms in total. The first-order valence-electron chi connectivity index (χ1n) is 8.61. The number of piperazine rings is 1. The van der Waals surface area contributed by atoms with Gasteiger partial charge in [-0.15, -0.1) is 0 Å². The molecule has 0 radical (unpaired) electrons. The van der Waals surface area contributed by atoms with Crippen molar-refractivity contribution < 1.29 is 9.59 Å². The summed E-state index contributed by atoms with van der Waals surface area (Å²) in [5.41, 5.74) is 0.699. The molecule has 1 saturated carbocycles. The zero-order chi connectivity index (χ0) is 16.2. The van der Waals surface area contributed by atoms with Crippen LogP contribution in [0.3, 0.4) is 0 Å². The third kappa shape index (κ3) is 3.68. The fraction of sp³-hybridized carbons (Fsp3) is 0.647. The molecule has 2 fully saturated rings. The van der Waals surface area contributed by atoms with Crippen LogP contribution in [0.2, 0.25) is 0 Å². The Bertz CT molecular complexity index is 555. The van der Waals surface area contributed by atoms with E-state index in [0.29, 0.717) is 37.9 Å². The van der Waals surface area contributed by atoms with Crippen LogP contribution in [0.15, 0.2) is 18.3 Å². The lowest BCUT2D eigenvalue weighted by Crippen LogP contribution is -2.54. The van der Waals surface area contributed by atoms with Crippen LogP contribution in [0.1, 0.15) is 42.6 Å². The monoisotopic (exact) mass is 318 g/mol. The summed E-state index contributed by atoms with van der Waals surface area (Å²) in [5, 5.41) is 3.15. The second-order valence-electron chi connectivity index (χ2n) is 6.57. The van der Waals surface area contributed by atoms with Crippen molar-refractivity contribution in [1.82, 2.24) is 19.7 Å². The minimum Gasteiger partial charge on any atom is -0.347 e. The Morgan fingerprint density at radius 3 is 2.30 bits per heavy atom. The van der Waals surface area contributed by atoms with E-state index < -0.39 is 0 Å². The maximum atomic E-state index is 12.5. The van der Waals surface area contributed by atoms with Gasteiger partial charge in [-0.1, -0.05) is 19.3 Å². The molecule has 0 aromatic carbocycles. The Morgan fingerprint density at radius 1 is 1.04 bits per heavy atom. The molecule has 1 aliphatic heterocycles. The van der Waals surface area contributed by atoms with E-state index in [2.05, 4.69) is 5.32 Å². The number of hydrogen-bond donors (Lipinski definition) is 1. The number of carbonyl (C=O) groups excluding carboxylic acids is 2. The maximum absolute atomic E-state index is 12.5. The third-order valence-electron chi connectivity index (χ3n) is 4.95. The first-order valence-corrected chi connectivity index (χ1v) is 8.61. The van der Waals surface area contributed by atoms with Crippen molar-refractivity contribution in [2.24, 2.45) is 7.05 Å². The van der Waals surface area contributed by atoms with Gasteiger partial charge in [0.1, 0.15) is 5.69 Å². The molecular weight excluding hydrogens is 292 g/mol. The van der Waals surface area contributed by atoms with E-state index in [9.17, 15) is 9.59 Å². The molecule has 6 heteroatoms. The van der Waals surface area contributed by atoms with Crippen molar-refractivity contribution in [2.45, 2.75) is 38.1 Å². The zero-order valence-corrected chi connectivity index (χ0v) is 13.8. The molecule has 0 atom stereocenters. The zero-order valence-electron chi connectivity index (χ0n) is 13.8. The molecule has 0 unspecified atom stereocenters. The average molecular weight is 318 g/mol. The largest absolute Gasteiger partial charge is 0.347 e. The van der Waals surface area contributed by atoms with Gasteiger partial charge in [-0.25, -0.2) is 4.79 Å². The summed E-state index contributed by atoms with van der Waals surface area (Å²) in [6.45, 7) is 2.41. The normalized spacial score (nSPS) is 19.7. The number of amides is 3. The predicted octanol–water partition coefficient (Wildman–Crippen LogP) is 1.83. The lowest BCUT2D eigenvalue weighted by Gasteiger charge is -2.36. The van der Waals surface area contributed by atoms with Gasteiger partial charge in [0.15, 0.2) is 0 Å². The van der Waals surface area contributed by atoms with Crippen LogP contribution in [-0.4, -0.2) is 58.5 Å². The lowest BCUT2D eigenvalue weighted by molar-refractivity contribution is 0.0653. The Labute approximate surface area is 137 Å². The fourth-order valence-electron chi connectivity index (χ4n) is 3.47. The summed E-state index contributed by atoms with van der Waals surface area (Å²) in [4.78, 5) is 28.5. The highest BCUT2D eigenvalue weighted by atomic mass is 16.2. The van der Waals surface area contributed by atoms with Crippen LogP contribution < -0.4 is 5.32 Å². The fourth-order valence-corrected chi connectivity index (χ4v) is 3.47. The molecule has 1 aromatic rings. The van der Waals surface area contributed by atoms with Gasteiger partial charge in [-0.3, -0.25) is 4.79 Å². The summed E-state index contributed by atoms with van der Waals surface area (Å²) < 4.78 is 1.84. The SMILES string of the molecule is Cn1cccc1C(=O)N1CCN(C(=O)NC2CCCCC2)CC1. The summed E-state index contributed by atoms with van der Waals surface area (Å²) in [5.74, 6) is 0.0461. The summed E-state index contributed by atoms with van der Waals surface area (Å²) in [7, 11) is 1.88. The average Bonchev–Trinajstić information content (AvgIpc) is 3.01. The van der Waals surface area contributed by atoms with Crippen molar-refractivity contribution in [3.05, 3.63) is 24.0 Å². The number of urea groups is 1. The maximum Gasteiger partial charge on any atom is 0.317 e. The molecule has 3 rings (SSSR count). The minimum absolute atomic E-state index is 0.0304. The van der Waals surface area contributed by atoms with E-state index in [1.165, 1.54) is 19.3 Å². The van der Waals surface area contributed by atoms with Crippen molar-refractivity contribution in [2.75, 3.05) is 26.2 Å². The standard InChI is InChI=1S/C17H26N4O2/c1-19-9-5-8-15(19)16(22)20-10-12-21(13-11-20)17(23)18-14-6-3-2-4-7-14/h5,8-9,14H,2-4,6-7,10-13H2,1H3,(H,18,23). The number of hydrogen-bond acceptors (Lipinski definition) is 2.